The molecule has 1 unspecified atom stereocenters. The molecule has 1 amide bonds. The number of benzene rings is 3. The summed E-state index contributed by atoms with van der Waals surface area (Å²) in [5.74, 6) is -0.980. The summed E-state index contributed by atoms with van der Waals surface area (Å²) in [6.45, 7) is 1.96. The van der Waals surface area contributed by atoms with Gasteiger partial charge in [0.05, 0.1) is 28.9 Å². The molecule has 0 spiro atoms. The number of aromatic nitrogens is 1. The molecule has 0 bridgehead atoms. The molecule has 1 N–H and O–H groups in total. The Morgan fingerprint density at radius 1 is 1.03 bits per heavy atom. The van der Waals surface area contributed by atoms with E-state index in [-0.39, 0.29) is 11.3 Å². The fourth-order valence-corrected chi connectivity index (χ4v) is 4.99. The maximum absolute atomic E-state index is 13.3. The Morgan fingerprint density at radius 2 is 1.76 bits per heavy atom. The van der Waals surface area contributed by atoms with Gasteiger partial charge in [-0.3, -0.25) is 14.5 Å². The van der Waals surface area contributed by atoms with E-state index < -0.39 is 17.7 Å². The van der Waals surface area contributed by atoms with E-state index in [1.165, 1.54) is 16.2 Å². The largest absolute Gasteiger partial charge is 0.507 e. The Kier molecular flexibility index (Phi) is 5.18. The first-order valence-electron chi connectivity index (χ1n) is 10.4. The molecule has 1 saturated heterocycles. The first-order chi connectivity index (χ1) is 16.0. The minimum atomic E-state index is -0.798. The van der Waals surface area contributed by atoms with Crippen LogP contribution in [0.1, 0.15) is 22.7 Å². The van der Waals surface area contributed by atoms with Crippen molar-refractivity contribution >= 4 is 44.1 Å². The number of hydrogen-bond donors (Lipinski definition) is 1. The average molecular weight is 457 g/mol. The number of amides is 1. The number of nitrogens with zero attached hydrogens (tertiary/aromatic N) is 2. The van der Waals surface area contributed by atoms with Crippen molar-refractivity contribution < 1.29 is 19.4 Å². The van der Waals surface area contributed by atoms with Crippen LogP contribution in [0.3, 0.4) is 0 Å². The van der Waals surface area contributed by atoms with Crippen LogP contribution in [-0.4, -0.2) is 28.9 Å². The van der Waals surface area contributed by atoms with Crippen LogP contribution in [0.25, 0.3) is 16.0 Å². The smallest absolute Gasteiger partial charge is 0.301 e. The Labute approximate surface area is 194 Å². The first-order valence-corrected chi connectivity index (χ1v) is 11.2. The summed E-state index contributed by atoms with van der Waals surface area (Å²) in [5, 5.41) is 11.5. The lowest BCUT2D eigenvalue weighted by Crippen LogP contribution is -2.29. The van der Waals surface area contributed by atoms with Gasteiger partial charge in [-0.05, 0) is 30.7 Å². The zero-order valence-corrected chi connectivity index (χ0v) is 18.8. The third-order valence-corrected chi connectivity index (χ3v) is 6.69. The molecule has 1 fully saturated rings. The number of hydrogen-bond acceptors (Lipinski definition) is 6. The van der Waals surface area contributed by atoms with E-state index in [0.717, 1.165) is 10.3 Å². The minimum Gasteiger partial charge on any atom is -0.507 e. The number of aliphatic hydroxyl groups excluding tert-OH is 1. The molecule has 7 heteroatoms. The van der Waals surface area contributed by atoms with Gasteiger partial charge in [0.15, 0.2) is 5.13 Å². The maximum atomic E-state index is 13.3. The van der Waals surface area contributed by atoms with Crippen molar-refractivity contribution in [1.29, 1.82) is 0 Å². The van der Waals surface area contributed by atoms with Gasteiger partial charge in [0.1, 0.15) is 11.5 Å². The predicted octanol–water partition coefficient (Wildman–Crippen LogP) is 5.24. The highest BCUT2D eigenvalue weighted by atomic mass is 32.1. The number of carbonyl (C=O) groups excluding carboxylic acids is 2. The van der Waals surface area contributed by atoms with Crippen LogP contribution in [0.4, 0.5) is 5.13 Å². The molecule has 5 rings (SSSR count). The number of fused-ring (bicyclic) bond motifs is 1. The molecular formula is C26H20N2O4S. The number of methoxy groups -OCH3 is 1. The second kappa shape index (κ2) is 8.18. The second-order valence-electron chi connectivity index (χ2n) is 7.78. The lowest BCUT2D eigenvalue weighted by molar-refractivity contribution is -0.132. The van der Waals surface area contributed by atoms with Crippen molar-refractivity contribution in [2.24, 2.45) is 0 Å². The summed E-state index contributed by atoms with van der Waals surface area (Å²) in [6.07, 6.45) is 0. The number of anilines is 1. The van der Waals surface area contributed by atoms with E-state index in [2.05, 4.69) is 4.98 Å². The third kappa shape index (κ3) is 3.56. The lowest BCUT2D eigenvalue weighted by Gasteiger charge is -2.23. The van der Waals surface area contributed by atoms with Gasteiger partial charge in [-0.2, -0.15) is 0 Å². The fourth-order valence-electron chi connectivity index (χ4n) is 3.97. The molecule has 1 aromatic heterocycles. The zero-order valence-electron chi connectivity index (χ0n) is 18.0. The summed E-state index contributed by atoms with van der Waals surface area (Å²) in [4.78, 5) is 32.5. The Bertz CT molecular complexity index is 1410. The van der Waals surface area contributed by atoms with Crippen LogP contribution in [0.2, 0.25) is 0 Å². The number of thiazole rings is 1. The molecule has 0 radical (unpaired) electrons. The van der Waals surface area contributed by atoms with Crippen molar-refractivity contribution in [2.75, 3.05) is 12.0 Å². The Morgan fingerprint density at radius 3 is 2.45 bits per heavy atom. The molecule has 3 aromatic carbocycles. The van der Waals surface area contributed by atoms with Crippen LogP contribution < -0.4 is 9.64 Å². The zero-order chi connectivity index (χ0) is 23.1. The number of aryl methyl sites for hydroxylation is 1. The summed E-state index contributed by atoms with van der Waals surface area (Å²) in [6, 6.07) is 21.0. The lowest BCUT2D eigenvalue weighted by atomic mass is 9.95. The maximum Gasteiger partial charge on any atom is 0.301 e. The number of ketones is 1. The molecule has 33 heavy (non-hydrogen) atoms. The van der Waals surface area contributed by atoms with Crippen LogP contribution in [-0.2, 0) is 9.59 Å². The van der Waals surface area contributed by atoms with Crippen molar-refractivity contribution in [3.63, 3.8) is 0 Å². The van der Waals surface area contributed by atoms with Gasteiger partial charge in [-0.25, -0.2) is 4.98 Å². The van der Waals surface area contributed by atoms with Gasteiger partial charge in [0.2, 0.25) is 0 Å². The fraction of sp³-hybridized carbons (Fsp3) is 0.115. The number of aliphatic hydroxyl groups is 1. The predicted molar refractivity (Wildman–Crippen MR) is 129 cm³/mol. The highest BCUT2D eigenvalue weighted by Gasteiger charge is 2.48. The van der Waals surface area contributed by atoms with Crippen molar-refractivity contribution in [2.45, 2.75) is 13.0 Å². The van der Waals surface area contributed by atoms with Gasteiger partial charge in [-0.15, -0.1) is 0 Å². The van der Waals surface area contributed by atoms with Gasteiger partial charge < -0.3 is 9.84 Å². The molecule has 1 aliphatic rings. The number of ether oxygens (including phenoxy) is 1. The van der Waals surface area contributed by atoms with E-state index in [9.17, 15) is 14.7 Å². The number of Topliss-reactive ketones (excluding diaryl/α,β-unsaturated/α-hetero) is 1. The minimum absolute atomic E-state index is 0.0480. The Hall–Kier alpha value is -3.97. The van der Waals surface area contributed by atoms with E-state index in [1.807, 2.05) is 49.4 Å². The molecule has 0 aliphatic carbocycles. The second-order valence-corrected chi connectivity index (χ2v) is 8.79. The van der Waals surface area contributed by atoms with Crippen LogP contribution in [0.15, 0.2) is 78.4 Å². The Balaban J connectivity index is 1.72. The quantitative estimate of drug-likeness (QED) is 0.258. The molecule has 2 heterocycles. The van der Waals surface area contributed by atoms with E-state index in [0.29, 0.717) is 27.5 Å². The van der Waals surface area contributed by atoms with Gasteiger partial charge in [0, 0.05) is 5.56 Å². The first kappa shape index (κ1) is 20.9. The monoisotopic (exact) mass is 456 g/mol. The van der Waals surface area contributed by atoms with E-state index >= 15 is 0 Å². The SMILES string of the molecule is COc1ccc2nc(N3C(=O)C(=O)/C(=C(/O)c4ccccc4)C3c3ccc(C)cc3)sc2c1. The van der Waals surface area contributed by atoms with Crippen molar-refractivity contribution in [1.82, 2.24) is 4.98 Å². The summed E-state index contributed by atoms with van der Waals surface area (Å²) < 4.78 is 6.13. The standard InChI is InChI=1S/C26H20N2O4S/c1-15-8-10-16(11-9-15)22-21(23(29)17-6-4-3-5-7-17)24(30)25(31)28(22)26-27-19-13-12-18(32-2)14-20(19)33-26/h3-14,22,29H,1-2H3/b23-21+. The van der Waals surface area contributed by atoms with Crippen LogP contribution in [0, 0.1) is 6.92 Å². The molecule has 164 valence electrons. The van der Waals surface area contributed by atoms with Crippen molar-refractivity contribution in [3.8, 4) is 5.75 Å². The summed E-state index contributed by atoms with van der Waals surface area (Å²) in [7, 11) is 1.59. The highest BCUT2D eigenvalue weighted by Crippen LogP contribution is 2.44. The normalized spacial score (nSPS) is 17.6. The number of rotatable bonds is 4. The van der Waals surface area contributed by atoms with Gasteiger partial charge in [-0.1, -0.05) is 71.5 Å². The van der Waals surface area contributed by atoms with Crippen molar-refractivity contribution in [3.05, 3.63) is 95.1 Å². The molecule has 0 saturated carbocycles. The highest BCUT2D eigenvalue weighted by molar-refractivity contribution is 7.22. The summed E-state index contributed by atoms with van der Waals surface area (Å²) >= 11 is 1.30. The molecular weight excluding hydrogens is 436 g/mol. The molecule has 4 aromatic rings. The van der Waals surface area contributed by atoms with E-state index in [1.54, 1.807) is 37.4 Å². The topological polar surface area (TPSA) is 79.7 Å². The molecule has 1 atom stereocenters. The van der Waals surface area contributed by atoms with Crippen LogP contribution in [0.5, 0.6) is 5.75 Å². The molecule has 1 aliphatic heterocycles. The number of carbonyl (C=O) groups is 2. The van der Waals surface area contributed by atoms with Gasteiger partial charge >= 0.3 is 5.91 Å². The third-order valence-electron chi connectivity index (χ3n) is 5.68. The summed E-state index contributed by atoms with van der Waals surface area (Å²) in [5.41, 5.74) is 2.98. The van der Waals surface area contributed by atoms with Gasteiger partial charge in [0.25, 0.3) is 5.78 Å². The van der Waals surface area contributed by atoms with Crippen LogP contribution >= 0.6 is 11.3 Å². The average Bonchev–Trinajstić information content (AvgIpc) is 3.37. The molecule has 6 nitrogen and oxygen atoms in total. The van der Waals surface area contributed by atoms with E-state index in [4.69, 9.17) is 4.74 Å².